The SMILES string of the molecule is FC(F)c1cnc(Cl)s1. The zero-order valence-electron chi connectivity index (χ0n) is 4.14. The molecule has 0 aliphatic rings. The second kappa shape index (κ2) is 2.58. The summed E-state index contributed by atoms with van der Waals surface area (Å²) >= 11 is 6.08. The summed E-state index contributed by atoms with van der Waals surface area (Å²) in [4.78, 5) is 3.36. The van der Waals surface area contributed by atoms with Crippen LogP contribution in [-0.4, -0.2) is 4.98 Å². The summed E-state index contributed by atoms with van der Waals surface area (Å²) in [6.45, 7) is 0. The molecule has 9 heavy (non-hydrogen) atoms. The average Bonchev–Trinajstić information content (AvgIpc) is 2.14. The quantitative estimate of drug-likeness (QED) is 0.630. The van der Waals surface area contributed by atoms with Crippen molar-refractivity contribution >= 4 is 22.9 Å². The van der Waals surface area contributed by atoms with Gasteiger partial charge in [-0.1, -0.05) is 11.6 Å². The zero-order chi connectivity index (χ0) is 6.85. The molecule has 5 heteroatoms. The number of hydrogen-bond acceptors (Lipinski definition) is 2. The number of alkyl halides is 2. The molecule has 50 valence electrons. The van der Waals surface area contributed by atoms with Gasteiger partial charge in [-0.2, -0.15) is 0 Å². The van der Waals surface area contributed by atoms with E-state index in [4.69, 9.17) is 11.6 Å². The molecule has 0 aliphatic heterocycles. The van der Waals surface area contributed by atoms with Gasteiger partial charge in [0.15, 0.2) is 4.47 Å². The van der Waals surface area contributed by atoms with E-state index in [9.17, 15) is 8.78 Å². The van der Waals surface area contributed by atoms with Gasteiger partial charge in [-0.05, 0) is 0 Å². The Morgan fingerprint density at radius 3 is 2.56 bits per heavy atom. The Morgan fingerprint density at radius 1 is 1.67 bits per heavy atom. The smallest absolute Gasteiger partial charge is 0.233 e. The molecule has 1 aromatic rings. The van der Waals surface area contributed by atoms with Crippen molar-refractivity contribution in [2.24, 2.45) is 0 Å². The summed E-state index contributed by atoms with van der Waals surface area (Å²) in [6, 6.07) is 0. The topological polar surface area (TPSA) is 12.9 Å². The Hall–Kier alpha value is -0.220. The molecule has 0 saturated carbocycles. The molecule has 0 fully saturated rings. The predicted octanol–water partition coefficient (Wildman–Crippen LogP) is 2.73. The van der Waals surface area contributed by atoms with Gasteiger partial charge < -0.3 is 0 Å². The highest BCUT2D eigenvalue weighted by atomic mass is 35.5. The van der Waals surface area contributed by atoms with Crippen molar-refractivity contribution in [2.45, 2.75) is 6.43 Å². The molecule has 0 saturated heterocycles. The molecule has 1 aromatic heterocycles. The van der Waals surface area contributed by atoms with Crippen molar-refractivity contribution in [3.63, 3.8) is 0 Å². The third-order valence-electron chi connectivity index (χ3n) is 0.710. The molecular formula is C4H2ClF2NS. The van der Waals surface area contributed by atoms with Gasteiger partial charge in [0.2, 0.25) is 0 Å². The third kappa shape index (κ3) is 1.59. The normalized spacial score (nSPS) is 10.7. The minimum atomic E-state index is -2.45. The lowest BCUT2D eigenvalue weighted by molar-refractivity contribution is 0.155. The second-order valence-corrected chi connectivity index (χ2v) is 2.96. The molecule has 0 spiro atoms. The maximum Gasteiger partial charge on any atom is 0.274 e. The van der Waals surface area contributed by atoms with Crippen LogP contribution >= 0.6 is 22.9 Å². The van der Waals surface area contributed by atoms with E-state index in [-0.39, 0.29) is 9.34 Å². The van der Waals surface area contributed by atoms with E-state index < -0.39 is 6.43 Å². The summed E-state index contributed by atoms with van der Waals surface area (Å²) in [5.41, 5.74) is 0. The maximum absolute atomic E-state index is 11.7. The van der Waals surface area contributed by atoms with Crippen molar-refractivity contribution in [1.82, 2.24) is 4.98 Å². The number of hydrogen-bond donors (Lipinski definition) is 0. The van der Waals surface area contributed by atoms with E-state index in [1.807, 2.05) is 0 Å². The van der Waals surface area contributed by atoms with Gasteiger partial charge in [-0.3, -0.25) is 0 Å². The van der Waals surface area contributed by atoms with Crippen molar-refractivity contribution in [2.75, 3.05) is 0 Å². The Labute approximate surface area is 59.3 Å². The maximum atomic E-state index is 11.7. The first-order chi connectivity index (χ1) is 4.20. The van der Waals surface area contributed by atoms with E-state index in [1.165, 1.54) is 0 Å². The van der Waals surface area contributed by atoms with Crippen molar-refractivity contribution in [1.29, 1.82) is 0 Å². The van der Waals surface area contributed by atoms with Crippen LogP contribution in [0.25, 0.3) is 0 Å². The van der Waals surface area contributed by atoms with E-state index in [0.717, 1.165) is 17.5 Å². The molecule has 0 unspecified atom stereocenters. The fourth-order valence-electron chi connectivity index (χ4n) is 0.365. The molecule has 0 atom stereocenters. The largest absolute Gasteiger partial charge is 0.274 e. The van der Waals surface area contributed by atoms with Gasteiger partial charge >= 0.3 is 0 Å². The number of rotatable bonds is 1. The summed E-state index contributed by atoms with van der Waals surface area (Å²) in [5, 5.41) is 0. The lowest BCUT2D eigenvalue weighted by Crippen LogP contribution is -1.72. The van der Waals surface area contributed by atoms with Crippen molar-refractivity contribution in [3.05, 3.63) is 15.5 Å². The minimum Gasteiger partial charge on any atom is -0.233 e. The van der Waals surface area contributed by atoms with Crippen LogP contribution in [0.15, 0.2) is 6.20 Å². The van der Waals surface area contributed by atoms with Crippen LogP contribution in [0.5, 0.6) is 0 Å². The summed E-state index contributed by atoms with van der Waals surface area (Å²) in [5.74, 6) is 0. The zero-order valence-corrected chi connectivity index (χ0v) is 5.72. The highest BCUT2D eigenvalue weighted by Crippen LogP contribution is 2.26. The fourth-order valence-corrected chi connectivity index (χ4v) is 1.18. The fraction of sp³-hybridized carbons (Fsp3) is 0.250. The molecule has 1 nitrogen and oxygen atoms in total. The number of aromatic nitrogens is 1. The molecule has 0 N–H and O–H groups in total. The molecule has 0 aliphatic carbocycles. The highest BCUT2D eigenvalue weighted by Gasteiger charge is 2.09. The number of halogens is 3. The van der Waals surface area contributed by atoms with Crippen molar-refractivity contribution < 1.29 is 8.78 Å². The highest BCUT2D eigenvalue weighted by molar-refractivity contribution is 7.15. The standard InChI is InChI=1S/C4H2ClF2NS/c5-4-8-1-2(9-4)3(6)7/h1,3H. The van der Waals surface area contributed by atoms with Gasteiger partial charge in [-0.25, -0.2) is 13.8 Å². The summed E-state index contributed by atoms with van der Waals surface area (Å²) in [7, 11) is 0. The number of nitrogens with zero attached hydrogens (tertiary/aromatic N) is 1. The van der Waals surface area contributed by atoms with Crippen LogP contribution in [0.2, 0.25) is 4.47 Å². The van der Waals surface area contributed by atoms with E-state index in [1.54, 1.807) is 0 Å². The third-order valence-corrected chi connectivity index (χ3v) is 1.83. The molecule has 0 aromatic carbocycles. The Balaban J connectivity index is 2.85. The van der Waals surface area contributed by atoms with Gasteiger partial charge in [0, 0.05) is 6.20 Å². The van der Waals surface area contributed by atoms with Crippen LogP contribution in [0.3, 0.4) is 0 Å². The van der Waals surface area contributed by atoms with Gasteiger partial charge in [0.1, 0.15) is 0 Å². The van der Waals surface area contributed by atoms with Crippen LogP contribution < -0.4 is 0 Å². The molecule has 1 rings (SSSR count). The molecule has 0 bridgehead atoms. The Bertz CT molecular complexity index is 200. The monoisotopic (exact) mass is 169 g/mol. The van der Waals surface area contributed by atoms with E-state index in [0.29, 0.717) is 0 Å². The average molecular weight is 170 g/mol. The van der Waals surface area contributed by atoms with Crippen molar-refractivity contribution in [3.8, 4) is 0 Å². The predicted molar refractivity (Wildman–Crippen MR) is 32.1 cm³/mol. The number of thiazole rings is 1. The molecule has 0 amide bonds. The van der Waals surface area contributed by atoms with Crippen LogP contribution in [-0.2, 0) is 0 Å². The Morgan fingerprint density at radius 2 is 2.33 bits per heavy atom. The first-order valence-electron chi connectivity index (χ1n) is 2.09. The van der Waals surface area contributed by atoms with Gasteiger partial charge in [-0.15, -0.1) is 11.3 Å². The van der Waals surface area contributed by atoms with Crippen LogP contribution in [0, 0.1) is 0 Å². The van der Waals surface area contributed by atoms with Crippen LogP contribution in [0.4, 0.5) is 8.78 Å². The minimum absolute atomic E-state index is 0.0833. The lowest BCUT2D eigenvalue weighted by atomic mass is 10.6. The lowest BCUT2D eigenvalue weighted by Gasteiger charge is -1.86. The molecular weight excluding hydrogens is 168 g/mol. The molecule has 0 radical (unpaired) electrons. The molecule has 1 heterocycles. The van der Waals surface area contributed by atoms with Gasteiger partial charge in [0.25, 0.3) is 6.43 Å². The summed E-state index contributed by atoms with van der Waals surface area (Å²) in [6.07, 6.45) is -1.37. The van der Waals surface area contributed by atoms with E-state index >= 15 is 0 Å². The Kier molecular flexibility index (Phi) is 1.97. The first kappa shape index (κ1) is 6.89. The summed E-state index contributed by atoms with van der Waals surface area (Å²) < 4.78 is 23.5. The van der Waals surface area contributed by atoms with E-state index in [2.05, 4.69) is 4.98 Å². The second-order valence-electron chi connectivity index (χ2n) is 1.32. The van der Waals surface area contributed by atoms with Gasteiger partial charge in [0.05, 0.1) is 4.88 Å². The van der Waals surface area contributed by atoms with Crippen LogP contribution in [0.1, 0.15) is 11.3 Å². The first-order valence-corrected chi connectivity index (χ1v) is 3.29.